The highest BCUT2D eigenvalue weighted by atomic mass is 32.2. The lowest BCUT2D eigenvalue weighted by molar-refractivity contribution is 0.171. The van der Waals surface area contributed by atoms with Crippen LogP contribution in [0.4, 0.5) is 0 Å². The quantitative estimate of drug-likeness (QED) is 0.778. The van der Waals surface area contributed by atoms with Crippen molar-refractivity contribution in [2.45, 2.75) is 24.3 Å². The second kappa shape index (κ2) is 6.90. The molecule has 9 heteroatoms. The summed E-state index contributed by atoms with van der Waals surface area (Å²) in [7, 11) is -3.68. The molecular weight excluding hydrogens is 374 g/mol. The molecule has 1 aromatic heterocycles. The molecule has 0 aliphatic carbocycles. The monoisotopic (exact) mass is 393 g/mol. The normalized spacial score (nSPS) is 19.8. The van der Waals surface area contributed by atoms with Crippen LogP contribution in [-0.4, -0.2) is 45.1 Å². The minimum Gasteiger partial charge on any atom is -0.489 e. The molecule has 0 N–H and O–H groups in total. The van der Waals surface area contributed by atoms with Gasteiger partial charge in [-0.1, -0.05) is 0 Å². The zero-order chi connectivity index (χ0) is 19.0. The van der Waals surface area contributed by atoms with Crippen molar-refractivity contribution in [1.29, 1.82) is 0 Å². The maximum Gasteiger partial charge on any atom is 0.339 e. The summed E-state index contributed by atoms with van der Waals surface area (Å²) in [6, 6.07) is 7.48. The van der Waals surface area contributed by atoms with Crippen molar-refractivity contribution in [2.24, 2.45) is 0 Å². The van der Waals surface area contributed by atoms with Crippen LogP contribution < -0.4 is 19.8 Å². The van der Waals surface area contributed by atoms with Crippen molar-refractivity contribution in [1.82, 2.24) is 4.31 Å². The molecule has 0 radical (unpaired) electrons. The zero-order valence-corrected chi connectivity index (χ0v) is 15.5. The van der Waals surface area contributed by atoms with Crippen LogP contribution in [0.1, 0.15) is 12.2 Å². The van der Waals surface area contributed by atoms with Crippen LogP contribution >= 0.6 is 0 Å². The predicted octanol–water partition coefficient (Wildman–Crippen LogP) is 1.56. The van der Waals surface area contributed by atoms with Gasteiger partial charge in [-0.3, -0.25) is 0 Å². The summed E-state index contributed by atoms with van der Waals surface area (Å²) in [5.74, 6) is 1.80. The van der Waals surface area contributed by atoms with E-state index in [-0.39, 0.29) is 17.5 Å². The van der Waals surface area contributed by atoms with Gasteiger partial charge in [0.2, 0.25) is 10.0 Å². The van der Waals surface area contributed by atoms with Gasteiger partial charge >= 0.3 is 5.63 Å². The minimum atomic E-state index is -3.68. The summed E-state index contributed by atoms with van der Waals surface area (Å²) in [5, 5.41) is 0. The van der Waals surface area contributed by atoms with Crippen molar-refractivity contribution < 1.29 is 27.0 Å². The highest BCUT2D eigenvalue weighted by Crippen LogP contribution is 2.34. The lowest BCUT2D eigenvalue weighted by atomic mass is 10.3. The molecule has 2 aliphatic heterocycles. The summed E-state index contributed by atoms with van der Waals surface area (Å²) in [6.07, 6.45) is 0.196. The first-order valence-corrected chi connectivity index (χ1v) is 10.0. The fourth-order valence-electron chi connectivity index (χ4n) is 3.18. The number of hydrogen-bond acceptors (Lipinski definition) is 7. The maximum atomic E-state index is 12.9. The number of rotatable bonds is 4. The van der Waals surface area contributed by atoms with Gasteiger partial charge in [0.25, 0.3) is 0 Å². The van der Waals surface area contributed by atoms with E-state index in [0.29, 0.717) is 49.2 Å². The number of aryl methyl sites for hydroxylation is 1. The van der Waals surface area contributed by atoms with Crippen LogP contribution in [0.3, 0.4) is 0 Å². The Morgan fingerprint density at radius 1 is 1.11 bits per heavy atom. The Labute approximate surface area is 156 Å². The molecule has 1 aromatic carbocycles. The highest BCUT2D eigenvalue weighted by molar-refractivity contribution is 7.89. The fraction of sp³-hybridized carbons (Fsp3) is 0.389. The first-order valence-electron chi connectivity index (χ1n) is 8.60. The average molecular weight is 393 g/mol. The van der Waals surface area contributed by atoms with Crippen molar-refractivity contribution in [3.8, 4) is 17.2 Å². The van der Waals surface area contributed by atoms with E-state index >= 15 is 0 Å². The van der Waals surface area contributed by atoms with Crippen LogP contribution in [0.2, 0.25) is 0 Å². The molecule has 4 rings (SSSR count). The first-order chi connectivity index (χ1) is 12.9. The smallest absolute Gasteiger partial charge is 0.339 e. The molecule has 1 atom stereocenters. The Hall–Kier alpha value is -2.52. The summed E-state index contributed by atoms with van der Waals surface area (Å²) in [5.41, 5.74) is -0.497. The number of benzene rings is 1. The Balaban J connectivity index is 1.50. The maximum absolute atomic E-state index is 12.9. The standard InChI is InChI=1S/C18H19NO7S/c1-12-8-14(9-18(20)25-12)26-13-4-5-19(11-13)27(21,22)15-2-3-16-17(10-15)24-7-6-23-16/h2-3,8-10,13H,4-7,11H2,1H3. The number of hydrogen-bond donors (Lipinski definition) is 0. The van der Waals surface area contributed by atoms with Crippen LogP contribution in [0.25, 0.3) is 0 Å². The summed E-state index contributed by atoms with van der Waals surface area (Å²) in [6.45, 7) is 3.03. The summed E-state index contributed by atoms with van der Waals surface area (Å²) in [4.78, 5) is 11.6. The molecule has 144 valence electrons. The molecule has 1 fully saturated rings. The fourth-order valence-corrected chi connectivity index (χ4v) is 4.68. The SMILES string of the molecule is Cc1cc(OC2CCN(S(=O)(=O)c3ccc4c(c3)OCCO4)C2)cc(=O)o1. The Morgan fingerprint density at radius 2 is 1.89 bits per heavy atom. The largest absolute Gasteiger partial charge is 0.489 e. The van der Waals surface area contributed by atoms with Crippen molar-refractivity contribution in [3.63, 3.8) is 0 Å². The molecule has 3 heterocycles. The molecule has 0 bridgehead atoms. The predicted molar refractivity (Wildman–Crippen MR) is 94.9 cm³/mol. The minimum absolute atomic E-state index is 0.156. The molecule has 1 unspecified atom stereocenters. The van der Waals surface area contributed by atoms with Crippen LogP contribution in [-0.2, 0) is 10.0 Å². The van der Waals surface area contributed by atoms with E-state index in [9.17, 15) is 13.2 Å². The summed E-state index contributed by atoms with van der Waals surface area (Å²) >= 11 is 0. The molecule has 2 aliphatic rings. The Kier molecular flexibility index (Phi) is 4.56. The number of nitrogens with zero attached hydrogens (tertiary/aromatic N) is 1. The van der Waals surface area contributed by atoms with E-state index in [1.54, 1.807) is 19.1 Å². The third-order valence-corrected chi connectivity index (χ3v) is 6.29. The van der Waals surface area contributed by atoms with E-state index in [4.69, 9.17) is 18.6 Å². The van der Waals surface area contributed by atoms with Gasteiger partial charge in [0.1, 0.15) is 30.8 Å². The molecule has 27 heavy (non-hydrogen) atoms. The average Bonchev–Trinajstić information content (AvgIpc) is 3.09. The van der Waals surface area contributed by atoms with Crippen molar-refractivity contribution in [2.75, 3.05) is 26.3 Å². The summed E-state index contributed by atoms with van der Waals surface area (Å²) < 4.78 is 48.8. The van der Waals surface area contributed by atoms with Crippen molar-refractivity contribution in [3.05, 3.63) is 46.5 Å². The van der Waals surface area contributed by atoms with Gasteiger partial charge in [0.15, 0.2) is 11.5 Å². The molecule has 2 aromatic rings. The topological polar surface area (TPSA) is 95.3 Å². The zero-order valence-electron chi connectivity index (χ0n) is 14.7. The van der Waals surface area contributed by atoms with Crippen LogP contribution in [0.5, 0.6) is 17.2 Å². The number of fused-ring (bicyclic) bond motifs is 1. The highest BCUT2D eigenvalue weighted by Gasteiger charge is 2.34. The third kappa shape index (κ3) is 3.65. The molecule has 1 saturated heterocycles. The van der Waals surface area contributed by atoms with Gasteiger partial charge in [-0.05, 0) is 25.5 Å². The van der Waals surface area contributed by atoms with Gasteiger partial charge < -0.3 is 18.6 Å². The van der Waals surface area contributed by atoms with Gasteiger partial charge in [-0.2, -0.15) is 4.31 Å². The molecule has 0 spiro atoms. The molecular formula is C18H19NO7S. The van der Waals surface area contributed by atoms with E-state index in [2.05, 4.69) is 0 Å². The van der Waals surface area contributed by atoms with Crippen LogP contribution in [0.15, 0.2) is 44.4 Å². The van der Waals surface area contributed by atoms with Gasteiger partial charge in [-0.15, -0.1) is 0 Å². The van der Waals surface area contributed by atoms with Crippen LogP contribution in [0, 0.1) is 6.92 Å². The lowest BCUT2D eigenvalue weighted by Crippen LogP contribution is -2.31. The van der Waals surface area contributed by atoms with Crippen molar-refractivity contribution >= 4 is 10.0 Å². The van der Waals surface area contributed by atoms with E-state index in [1.807, 2.05) is 0 Å². The second-order valence-electron chi connectivity index (χ2n) is 6.42. The Morgan fingerprint density at radius 3 is 2.67 bits per heavy atom. The van der Waals surface area contributed by atoms with Gasteiger partial charge in [-0.25, -0.2) is 13.2 Å². The third-order valence-electron chi connectivity index (χ3n) is 4.43. The van der Waals surface area contributed by atoms with Gasteiger partial charge in [0.05, 0.1) is 17.5 Å². The second-order valence-corrected chi connectivity index (χ2v) is 8.36. The Bertz CT molecular complexity index is 1010. The van der Waals surface area contributed by atoms with E-state index < -0.39 is 15.6 Å². The molecule has 0 saturated carbocycles. The van der Waals surface area contributed by atoms with E-state index in [0.717, 1.165) is 0 Å². The lowest BCUT2D eigenvalue weighted by Gasteiger charge is -2.21. The molecule has 8 nitrogen and oxygen atoms in total. The number of sulfonamides is 1. The van der Waals surface area contributed by atoms with Gasteiger partial charge in [0, 0.05) is 18.7 Å². The first kappa shape index (κ1) is 17.9. The number of ether oxygens (including phenoxy) is 3. The molecule has 0 amide bonds. The van der Waals surface area contributed by atoms with E-state index in [1.165, 1.54) is 22.5 Å².